The first-order valence-corrected chi connectivity index (χ1v) is 11.4. The second-order valence-electron chi connectivity index (χ2n) is 6.78. The van der Waals surface area contributed by atoms with Crippen LogP contribution in [0.2, 0.25) is 5.02 Å². The van der Waals surface area contributed by atoms with Gasteiger partial charge >= 0.3 is 5.97 Å². The van der Waals surface area contributed by atoms with Crippen molar-refractivity contribution in [2.24, 2.45) is 0 Å². The fourth-order valence-electron chi connectivity index (χ4n) is 2.97. The third-order valence-corrected chi connectivity index (χ3v) is 6.14. The summed E-state index contributed by atoms with van der Waals surface area (Å²) in [5, 5.41) is 9.30. The second kappa shape index (κ2) is 10.2. The number of carboxylic acid groups (broad SMARTS) is 1. The molecule has 0 aliphatic carbocycles. The van der Waals surface area contributed by atoms with Crippen LogP contribution in [0.3, 0.4) is 0 Å². The number of allylic oxidation sites excluding steroid dienone is 1. The third kappa shape index (κ3) is 6.41. The lowest BCUT2D eigenvalue weighted by Gasteiger charge is -2.11. The molecule has 0 aliphatic rings. The molecular formula is C23H21ClN2O4S. The number of hydrogen-bond donors (Lipinski definition) is 2. The third-order valence-electron chi connectivity index (χ3n) is 4.49. The maximum Gasteiger partial charge on any atom is 0.303 e. The molecule has 0 amide bonds. The molecule has 6 nitrogen and oxygen atoms in total. The number of anilines is 1. The molecule has 2 N–H and O–H groups in total. The van der Waals surface area contributed by atoms with E-state index in [1.165, 1.54) is 24.3 Å². The van der Waals surface area contributed by atoms with Gasteiger partial charge in [0.05, 0.1) is 4.90 Å². The Morgan fingerprint density at radius 3 is 2.35 bits per heavy atom. The number of halogens is 1. The van der Waals surface area contributed by atoms with Crippen LogP contribution in [0.4, 0.5) is 5.69 Å². The van der Waals surface area contributed by atoms with Gasteiger partial charge in [-0.3, -0.25) is 14.5 Å². The van der Waals surface area contributed by atoms with Crippen LogP contribution in [0.25, 0.3) is 5.57 Å². The zero-order valence-corrected chi connectivity index (χ0v) is 18.1. The van der Waals surface area contributed by atoms with Crippen LogP contribution in [0.1, 0.15) is 30.4 Å². The van der Waals surface area contributed by atoms with Crippen molar-refractivity contribution in [1.29, 1.82) is 0 Å². The molecule has 1 heterocycles. The molecule has 8 heteroatoms. The predicted molar refractivity (Wildman–Crippen MR) is 122 cm³/mol. The minimum absolute atomic E-state index is 0.0994. The van der Waals surface area contributed by atoms with Crippen molar-refractivity contribution >= 4 is 38.9 Å². The lowest BCUT2D eigenvalue weighted by Crippen LogP contribution is -2.12. The maximum atomic E-state index is 12.6. The lowest BCUT2D eigenvalue weighted by molar-refractivity contribution is -0.137. The van der Waals surface area contributed by atoms with E-state index in [-0.39, 0.29) is 11.3 Å². The summed E-state index contributed by atoms with van der Waals surface area (Å²) in [5.74, 6) is -0.825. The van der Waals surface area contributed by atoms with Gasteiger partial charge < -0.3 is 5.11 Å². The summed E-state index contributed by atoms with van der Waals surface area (Å²) in [7, 11) is -3.73. The first-order chi connectivity index (χ1) is 14.8. The Bertz CT molecular complexity index is 1160. The van der Waals surface area contributed by atoms with Gasteiger partial charge in [0.2, 0.25) is 0 Å². The minimum Gasteiger partial charge on any atom is -0.481 e. The van der Waals surface area contributed by atoms with Crippen LogP contribution in [-0.4, -0.2) is 24.5 Å². The number of carboxylic acids is 1. The molecule has 3 aromatic rings. The van der Waals surface area contributed by atoms with Gasteiger partial charge in [0.15, 0.2) is 0 Å². The molecule has 3 rings (SSSR count). The summed E-state index contributed by atoms with van der Waals surface area (Å²) < 4.78 is 27.7. The molecular weight excluding hydrogens is 436 g/mol. The summed E-state index contributed by atoms with van der Waals surface area (Å²) in [4.78, 5) is 15.0. The molecule has 0 fully saturated rings. The topological polar surface area (TPSA) is 96.4 Å². The number of nitrogens with one attached hydrogen (secondary N) is 1. The van der Waals surface area contributed by atoms with Gasteiger partial charge in [-0.15, -0.1) is 0 Å². The largest absolute Gasteiger partial charge is 0.481 e. The van der Waals surface area contributed by atoms with E-state index in [4.69, 9.17) is 16.7 Å². The Balaban J connectivity index is 1.81. The van der Waals surface area contributed by atoms with Crippen molar-refractivity contribution in [3.63, 3.8) is 0 Å². The quantitative estimate of drug-likeness (QED) is 0.430. The highest BCUT2D eigenvalue weighted by atomic mass is 35.5. The van der Waals surface area contributed by atoms with Crippen molar-refractivity contribution in [1.82, 2.24) is 4.98 Å². The van der Waals surface area contributed by atoms with Gasteiger partial charge in [-0.05, 0) is 66.4 Å². The maximum absolute atomic E-state index is 12.6. The van der Waals surface area contributed by atoms with Crippen LogP contribution >= 0.6 is 11.6 Å². The summed E-state index contributed by atoms with van der Waals surface area (Å²) >= 11 is 5.83. The Morgan fingerprint density at radius 1 is 1.03 bits per heavy atom. The first kappa shape index (κ1) is 22.5. The van der Waals surface area contributed by atoms with Gasteiger partial charge in [0.25, 0.3) is 10.0 Å². The van der Waals surface area contributed by atoms with Crippen LogP contribution in [0.5, 0.6) is 0 Å². The average Bonchev–Trinajstić information content (AvgIpc) is 2.75. The van der Waals surface area contributed by atoms with Gasteiger partial charge in [0, 0.05) is 35.1 Å². The number of hydrogen-bond acceptors (Lipinski definition) is 4. The summed E-state index contributed by atoms with van der Waals surface area (Å²) in [6.07, 6.45) is 6.62. The number of benzene rings is 2. The molecule has 0 unspecified atom stereocenters. The summed E-state index contributed by atoms with van der Waals surface area (Å²) in [6.45, 7) is 0. The van der Waals surface area contributed by atoms with E-state index in [0.717, 1.165) is 16.7 Å². The highest BCUT2D eigenvalue weighted by molar-refractivity contribution is 7.92. The number of aliphatic carboxylic acids is 1. The Hall–Kier alpha value is -3.16. The number of sulfonamides is 1. The second-order valence-corrected chi connectivity index (χ2v) is 8.90. The summed E-state index contributed by atoms with van der Waals surface area (Å²) in [5.41, 5.74) is 3.10. The van der Waals surface area contributed by atoms with E-state index in [9.17, 15) is 13.2 Å². The van der Waals surface area contributed by atoms with Crippen molar-refractivity contribution in [2.75, 3.05) is 4.72 Å². The van der Waals surface area contributed by atoms with Gasteiger partial charge in [-0.1, -0.05) is 35.9 Å². The molecule has 0 aliphatic heterocycles. The number of unbranched alkanes of at least 4 members (excludes halogenated alkanes) is 1. The van der Waals surface area contributed by atoms with E-state index in [2.05, 4.69) is 9.71 Å². The van der Waals surface area contributed by atoms with Crippen LogP contribution in [0.15, 0.2) is 84.0 Å². The highest BCUT2D eigenvalue weighted by Gasteiger charge is 2.14. The lowest BCUT2D eigenvalue weighted by atomic mass is 9.97. The van der Waals surface area contributed by atoms with Crippen molar-refractivity contribution in [3.05, 3.63) is 95.3 Å². The van der Waals surface area contributed by atoms with Crippen LogP contribution < -0.4 is 4.72 Å². The van der Waals surface area contributed by atoms with Gasteiger partial charge in [-0.2, -0.15) is 0 Å². The first-order valence-electron chi connectivity index (χ1n) is 9.56. The van der Waals surface area contributed by atoms with E-state index in [0.29, 0.717) is 23.6 Å². The monoisotopic (exact) mass is 456 g/mol. The molecule has 0 saturated heterocycles. The Morgan fingerprint density at radius 2 is 1.74 bits per heavy atom. The smallest absolute Gasteiger partial charge is 0.303 e. The van der Waals surface area contributed by atoms with Crippen molar-refractivity contribution in [3.8, 4) is 0 Å². The number of aromatic nitrogens is 1. The number of pyridine rings is 1. The van der Waals surface area contributed by atoms with E-state index in [1.807, 2.05) is 30.3 Å². The highest BCUT2D eigenvalue weighted by Crippen LogP contribution is 2.26. The van der Waals surface area contributed by atoms with Crippen molar-refractivity contribution in [2.45, 2.75) is 24.2 Å². The predicted octanol–water partition coefficient (Wildman–Crippen LogP) is 5.22. The standard InChI is InChI=1S/C23H21ClN2O4S/c24-19-9-13-21(14-10-19)31(29,30)26-20-11-7-17(8-12-20)22(5-1-2-6-23(27)28)18-4-3-15-25-16-18/h3-5,7-16,26H,1-2,6H2,(H,27,28). The molecule has 0 bridgehead atoms. The molecule has 31 heavy (non-hydrogen) atoms. The molecule has 0 saturated carbocycles. The van der Waals surface area contributed by atoms with E-state index in [1.54, 1.807) is 24.5 Å². The number of carbonyl (C=O) groups is 1. The van der Waals surface area contributed by atoms with E-state index < -0.39 is 16.0 Å². The molecule has 0 atom stereocenters. The molecule has 0 radical (unpaired) electrons. The molecule has 2 aromatic carbocycles. The molecule has 160 valence electrons. The zero-order chi connectivity index (χ0) is 22.3. The SMILES string of the molecule is O=C(O)CCCC=C(c1ccc(NS(=O)(=O)c2ccc(Cl)cc2)cc1)c1cccnc1. The average molecular weight is 457 g/mol. The van der Waals surface area contributed by atoms with Crippen molar-refractivity contribution < 1.29 is 18.3 Å². The van der Waals surface area contributed by atoms with Gasteiger partial charge in [0.1, 0.15) is 0 Å². The number of rotatable bonds is 9. The molecule has 0 spiro atoms. The molecule has 1 aromatic heterocycles. The summed E-state index contributed by atoms with van der Waals surface area (Å²) in [6, 6.07) is 16.7. The van der Waals surface area contributed by atoms with E-state index >= 15 is 0 Å². The minimum atomic E-state index is -3.73. The van der Waals surface area contributed by atoms with Crippen LogP contribution in [-0.2, 0) is 14.8 Å². The fraction of sp³-hybridized carbons (Fsp3) is 0.130. The number of nitrogens with zero attached hydrogens (tertiary/aromatic N) is 1. The normalized spacial score (nSPS) is 11.8. The van der Waals surface area contributed by atoms with Crippen LogP contribution in [0, 0.1) is 0 Å². The zero-order valence-electron chi connectivity index (χ0n) is 16.5. The van der Waals surface area contributed by atoms with Gasteiger partial charge in [-0.25, -0.2) is 8.42 Å². The fourth-order valence-corrected chi connectivity index (χ4v) is 4.15. The Kier molecular flexibility index (Phi) is 7.44. The Labute approximate surface area is 186 Å².